The summed E-state index contributed by atoms with van der Waals surface area (Å²) in [4.78, 5) is 15.1. The Bertz CT molecular complexity index is 609. The molecule has 0 fully saturated rings. The largest absolute Gasteiger partial charge is 0.397 e. The van der Waals surface area contributed by atoms with Crippen LogP contribution in [0.3, 0.4) is 0 Å². The van der Waals surface area contributed by atoms with Crippen molar-refractivity contribution in [3.05, 3.63) is 30.2 Å². The molecule has 0 aliphatic rings. The van der Waals surface area contributed by atoms with Crippen molar-refractivity contribution in [1.82, 2.24) is 14.8 Å². The van der Waals surface area contributed by atoms with E-state index in [2.05, 4.69) is 15.4 Å². The number of nitrogens with zero attached hydrogens (tertiary/aromatic N) is 3. The minimum atomic E-state index is -0.189. The van der Waals surface area contributed by atoms with E-state index in [0.717, 1.165) is 12.0 Å². The molecule has 0 saturated heterocycles. The molecular formula is C13H17N5O2. The Kier molecular flexibility index (Phi) is 4.31. The van der Waals surface area contributed by atoms with Gasteiger partial charge in [0.05, 0.1) is 24.7 Å². The Morgan fingerprint density at radius 2 is 2.30 bits per heavy atom. The van der Waals surface area contributed by atoms with Gasteiger partial charge in [0, 0.05) is 26.3 Å². The summed E-state index contributed by atoms with van der Waals surface area (Å²) >= 11 is 0. The van der Waals surface area contributed by atoms with Crippen LogP contribution in [-0.2, 0) is 16.0 Å². The van der Waals surface area contributed by atoms with Crippen LogP contribution in [0, 0.1) is 0 Å². The number of amides is 1. The lowest BCUT2D eigenvalue weighted by atomic mass is 10.3. The number of carbonyl (C=O) groups excluding carboxylic acids is 1. The molecule has 0 spiro atoms. The number of nitrogens with two attached hydrogens (primary N) is 1. The molecule has 0 saturated carbocycles. The summed E-state index contributed by atoms with van der Waals surface area (Å²) in [6.45, 7) is 2.06. The molecule has 106 valence electrons. The van der Waals surface area contributed by atoms with Crippen LogP contribution in [0.25, 0.3) is 5.69 Å². The fourth-order valence-corrected chi connectivity index (χ4v) is 1.74. The molecule has 20 heavy (non-hydrogen) atoms. The van der Waals surface area contributed by atoms with Gasteiger partial charge in [-0.2, -0.15) is 5.10 Å². The fourth-order valence-electron chi connectivity index (χ4n) is 1.74. The van der Waals surface area contributed by atoms with Gasteiger partial charge in [-0.3, -0.25) is 4.79 Å². The Balaban J connectivity index is 2.20. The van der Waals surface area contributed by atoms with E-state index in [1.54, 1.807) is 30.3 Å². The van der Waals surface area contributed by atoms with Gasteiger partial charge in [0.1, 0.15) is 11.5 Å². The van der Waals surface area contributed by atoms with Crippen LogP contribution in [0.4, 0.5) is 11.5 Å². The number of hydrogen-bond donors (Lipinski definition) is 2. The summed E-state index contributed by atoms with van der Waals surface area (Å²) in [6.07, 6.45) is 6.01. The van der Waals surface area contributed by atoms with Crippen molar-refractivity contribution in [3.63, 3.8) is 0 Å². The molecule has 0 aromatic carbocycles. The quantitative estimate of drug-likeness (QED) is 0.848. The first-order chi connectivity index (χ1) is 9.60. The number of aromatic nitrogens is 3. The number of anilines is 2. The predicted octanol–water partition coefficient (Wildman–Crippen LogP) is 0.997. The Hall–Kier alpha value is -2.41. The van der Waals surface area contributed by atoms with E-state index < -0.39 is 0 Å². The molecule has 0 aliphatic carbocycles. The van der Waals surface area contributed by atoms with Gasteiger partial charge in [-0.15, -0.1) is 0 Å². The molecule has 0 unspecified atom stereocenters. The maximum atomic E-state index is 11.0. The third kappa shape index (κ3) is 3.33. The van der Waals surface area contributed by atoms with E-state index in [-0.39, 0.29) is 5.91 Å². The summed E-state index contributed by atoms with van der Waals surface area (Å²) in [5.41, 5.74) is 8.17. The molecule has 0 atom stereocenters. The maximum absolute atomic E-state index is 11.0. The van der Waals surface area contributed by atoms with Crippen LogP contribution in [0.5, 0.6) is 0 Å². The number of ether oxygens (including phenoxy) is 1. The van der Waals surface area contributed by atoms with E-state index in [9.17, 15) is 4.79 Å². The molecular weight excluding hydrogens is 258 g/mol. The topological polar surface area (TPSA) is 95.1 Å². The van der Waals surface area contributed by atoms with E-state index >= 15 is 0 Å². The number of pyridine rings is 1. The van der Waals surface area contributed by atoms with Crippen LogP contribution < -0.4 is 11.1 Å². The summed E-state index contributed by atoms with van der Waals surface area (Å²) in [5.74, 6) is 0.233. The molecule has 7 nitrogen and oxygen atoms in total. The first kappa shape index (κ1) is 14.0. The van der Waals surface area contributed by atoms with E-state index in [0.29, 0.717) is 23.8 Å². The number of nitrogen functional groups attached to an aromatic ring is 1. The summed E-state index contributed by atoms with van der Waals surface area (Å²) in [5, 5.41) is 6.83. The second-order valence-electron chi connectivity index (χ2n) is 4.35. The fraction of sp³-hybridized carbons (Fsp3) is 0.308. The molecule has 7 heteroatoms. The van der Waals surface area contributed by atoms with Crippen molar-refractivity contribution in [2.45, 2.75) is 13.3 Å². The zero-order chi connectivity index (χ0) is 14.5. The monoisotopic (exact) mass is 275 g/mol. The maximum Gasteiger partial charge on any atom is 0.222 e. The van der Waals surface area contributed by atoms with Crippen molar-refractivity contribution < 1.29 is 9.53 Å². The van der Waals surface area contributed by atoms with Crippen molar-refractivity contribution in [3.8, 4) is 5.69 Å². The molecule has 2 heterocycles. The van der Waals surface area contributed by atoms with Crippen LogP contribution >= 0.6 is 0 Å². The smallest absolute Gasteiger partial charge is 0.222 e. The summed E-state index contributed by atoms with van der Waals surface area (Å²) in [6, 6.07) is 1.60. The van der Waals surface area contributed by atoms with E-state index in [4.69, 9.17) is 10.5 Å². The van der Waals surface area contributed by atoms with Crippen LogP contribution in [0.15, 0.2) is 24.7 Å². The third-order valence-corrected chi connectivity index (χ3v) is 2.70. The Morgan fingerprint density at radius 3 is 2.95 bits per heavy atom. The number of methoxy groups -OCH3 is 1. The van der Waals surface area contributed by atoms with Crippen molar-refractivity contribution in [2.75, 3.05) is 24.8 Å². The van der Waals surface area contributed by atoms with E-state index in [1.165, 1.54) is 6.92 Å². The average Bonchev–Trinajstić information content (AvgIpc) is 2.84. The number of carbonyl (C=O) groups is 1. The molecule has 1 amide bonds. The van der Waals surface area contributed by atoms with Gasteiger partial charge in [0.2, 0.25) is 5.91 Å². The number of hydrogen-bond acceptors (Lipinski definition) is 5. The highest BCUT2D eigenvalue weighted by Crippen LogP contribution is 2.19. The first-order valence-corrected chi connectivity index (χ1v) is 6.16. The highest BCUT2D eigenvalue weighted by atomic mass is 16.5. The average molecular weight is 275 g/mol. The van der Waals surface area contributed by atoms with Crippen LogP contribution in [-0.4, -0.2) is 34.4 Å². The first-order valence-electron chi connectivity index (χ1n) is 6.16. The van der Waals surface area contributed by atoms with Crippen molar-refractivity contribution in [2.24, 2.45) is 0 Å². The second kappa shape index (κ2) is 6.16. The minimum absolute atomic E-state index is 0.189. The predicted molar refractivity (Wildman–Crippen MR) is 75.7 cm³/mol. The van der Waals surface area contributed by atoms with Crippen molar-refractivity contribution in [1.29, 1.82) is 0 Å². The van der Waals surface area contributed by atoms with Crippen LogP contribution in [0.1, 0.15) is 12.5 Å². The normalized spacial score (nSPS) is 10.5. The zero-order valence-corrected chi connectivity index (χ0v) is 11.5. The SMILES string of the molecule is COCCc1cnn(-c2cnc(NC(C)=O)cc2N)c1. The standard InChI is InChI=1S/C13H17N5O2/c1-9(19)17-13-5-11(14)12(7-15-13)18-8-10(6-16-18)3-4-20-2/h5-8H,3-4H2,1-2H3,(H3,14,15,17,19). The molecule has 2 aromatic rings. The van der Waals surface area contributed by atoms with Crippen LogP contribution in [0.2, 0.25) is 0 Å². The zero-order valence-electron chi connectivity index (χ0n) is 11.5. The highest BCUT2D eigenvalue weighted by molar-refractivity contribution is 5.88. The van der Waals surface area contributed by atoms with E-state index in [1.807, 2.05) is 6.20 Å². The van der Waals surface area contributed by atoms with Gasteiger partial charge < -0.3 is 15.8 Å². The molecule has 2 rings (SSSR count). The summed E-state index contributed by atoms with van der Waals surface area (Å²) in [7, 11) is 1.66. The number of rotatable bonds is 5. The van der Waals surface area contributed by atoms with Gasteiger partial charge >= 0.3 is 0 Å². The molecule has 0 radical (unpaired) electrons. The third-order valence-electron chi connectivity index (χ3n) is 2.70. The van der Waals surface area contributed by atoms with Gasteiger partial charge in [-0.05, 0) is 12.0 Å². The molecule has 2 aromatic heterocycles. The minimum Gasteiger partial charge on any atom is -0.397 e. The van der Waals surface area contributed by atoms with Gasteiger partial charge in [0.15, 0.2) is 0 Å². The van der Waals surface area contributed by atoms with Gasteiger partial charge in [-0.1, -0.05) is 0 Å². The molecule has 0 aliphatic heterocycles. The molecule has 3 N–H and O–H groups in total. The molecule has 0 bridgehead atoms. The lowest BCUT2D eigenvalue weighted by molar-refractivity contribution is -0.114. The highest BCUT2D eigenvalue weighted by Gasteiger charge is 2.07. The second-order valence-corrected chi connectivity index (χ2v) is 4.35. The lowest BCUT2D eigenvalue weighted by Gasteiger charge is -2.07. The number of nitrogens with one attached hydrogen (secondary N) is 1. The Labute approximate surface area is 116 Å². The van der Waals surface area contributed by atoms with Crippen molar-refractivity contribution >= 4 is 17.4 Å². The summed E-state index contributed by atoms with van der Waals surface area (Å²) < 4.78 is 6.68. The Morgan fingerprint density at radius 1 is 1.50 bits per heavy atom. The van der Waals surface area contributed by atoms with Gasteiger partial charge in [-0.25, -0.2) is 9.67 Å². The van der Waals surface area contributed by atoms with Gasteiger partial charge in [0.25, 0.3) is 0 Å². The lowest BCUT2D eigenvalue weighted by Crippen LogP contribution is -2.09.